The van der Waals surface area contributed by atoms with Crippen LogP contribution < -0.4 is 4.90 Å². The average molecular weight is 331 g/mol. The van der Waals surface area contributed by atoms with Crippen LogP contribution in [-0.2, 0) is 9.47 Å². The summed E-state index contributed by atoms with van der Waals surface area (Å²) in [7, 11) is 0. The predicted octanol–water partition coefficient (Wildman–Crippen LogP) is 2.53. The number of halogens is 2. The summed E-state index contributed by atoms with van der Waals surface area (Å²) in [6, 6.07) is 5.80. The molecule has 1 aromatic rings. The first kappa shape index (κ1) is 15.4. The lowest BCUT2D eigenvalue weighted by atomic mass is 10.2. The zero-order chi connectivity index (χ0) is 14.7. The van der Waals surface area contributed by atoms with E-state index in [4.69, 9.17) is 32.7 Å². The van der Waals surface area contributed by atoms with Gasteiger partial charge in [-0.2, -0.15) is 0 Å². The van der Waals surface area contributed by atoms with Crippen LogP contribution in [0.2, 0.25) is 10.0 Å². The van der Waals surface area contributed by atoms with Crippen LogP contribution in [-0.4, -0.2) is 63.5 Å². The van der Waals surface area contributed by atoms with Crippen molar-refractivity contribution in [3.8, 4) is 0 Å². The molecule has 1 unspecified atom stereocenters. The molecule has 3 rings (SSSR count). The second-order valence-corrected chi connectivity index (χ2v) is 6.21. The molecule has 116 valence electrons. The Kier molecular flexibility index (Phi) is 5.24. The molecule has 2 fully saturated rings. The largest absolute Gasteiger partial charge is 0.376 e. The van der Waals surface area contributed by atoms with Crippen molar-refractivity contribution in [3.63, 3.8) is 0 Å². The maximum Gasteiger partial charge on any atom is 0.0936 e. The van der Waals surface area contributed by atoms with E-state index < -0.39 is 0 Å². The monoisotopic (exact) mass is 330 g/mol. The first-order valence-electron chi connectivity index (χ1n) is 7.34. The van der Waals surface area contributed by atoms with Crippen LogP contribution in [0, 0.1) is 0 Å². The zero-order valence-corrected chi connectivity index (χ0v) is 13.4. The molecule has 1 aromatic carbocycles. The van der Waals surface area contributed by atoms with Gasteiger partial charge in [0.2, 0.25) is 0 Å². The van der Waals surface area contributed by atoms with Gasteiger partial charge in [-0.25, -0.2) is 0 Å². The highest BCUT2D eigenvalue weighted by atomic mass is 35.5. The minimum Gasteiger partial charge on any atom is -0.376 e. The van der Waals surface area contributed by atoms with Gasteiger partial charge in [-0.15, -0.1) is 0 Å². The van der Waals surface area contributed by atoms with Gasteiger partial charge in [0.05, 0.1) is 41.7 Å². The van der Waals surface area contributed by atoms with Gasteiger partial charge in [-0.3, -0.25) is 4.90 Å². The number of hydrogen-bond donors (Lipinski definition) is 0. The van der Waals surface area contributed by atoms with Crippen LogP contribution >= 0.6 is 23.2 Å². The van der Waals surface area contributed by atoms with E-state index in [-0.39, 0.29) is 6.10 Å². The Hall–Kier alpha value is -0.520. The Balaban J connectivity index is 1.53. The average Bonchev–Trinajstić information content (AvgIpc) is 2.52. The number of anilines is 1. The summed E-state index contributed by atoms with van der Waals surface area (Å²) < 4.78 is 11.2. The van der Waals surface area contributed by atoms with Crippen LogP contribution in [0.25, 0.3) is 0 Å². The summed E-state index contributed by atoms with van der Waals surface area (Å²) in [5, 5.41) is 1.26. The van der Waals surface area contributed by atoms with Crippen molar-refractivity contribution in [2.24, 2.45) is 0 Å². The lowest BCUT2D eigenvalue weighted by Crippen LogP contribution is -2.50. The van der Waals surface area contributed by atoms with Crippen LogP contribution in [0.15, 0.2) is 18.2 Å². The van der Waals surface area contributed by atoms with Gasteiger partial charge >= 0.3 is 0 Å². The molecule has 2 aliphatic rings. The molecule has 21 heavy (non-hydrogen) atoms. The molecule has 0 aliphatic carbocycles. The third-order valence-electron chi connectivity index (χ3n) is 3.99. The fraction of sp³-hybridized carbons (Fsp3) is 0.600. The molecule has 0 N–H and O–H groups in total. The standard InChI is InChI=1S/C15H20Cl2N2O2/c16-13-2-1-3-14(15(13)17)19-6-4-18(5-7-19)10-12-11-20-8-9-21-12/h1-3,12H,4-11H2. The van der Waals surface area contributed by atoms with Crippen LogP contribution in [0.4, 0.5) is 5.69 Å². The number of rotatable bonds is 3. The van der Waals surface area contributed by atoms with Crippen molar-refractivity contribution in [1.82, 2.24) is 4.90 Å². The molecular formula is C15H20Cl2N2O2. The quantitative estimate of drug-likeness (QED) is 0.850. The highest BCUT2D eigenvalue weighted by Gasteiger charge is 2.23. The Morgan fingerprint density at radius 1 is 1.10 bits per heavy atom. The summed E-state index contributed by atoms with van der Waals surface area (Å²) in [5.41, 5.74) is 1.03. The van der Waals surface area contributed by atoms with Gasteiger partial charge in [0, 0.05) is 32.7 Å². The highest BCUT2D eigenvalue weighted by molar-refractivity contribution is 6.43. The molecular weight excluding hydrogens is 311 g/mol. The van der Waals surface area contributed by atoms with Crippen molar-refractivity contribution < 1.29 is 9.47 Å². The molecule has 0 spiro atoms. The summed E-state index contributed by atoms with van der Waals surface area (Å²) in [5.74, 6) is 0. The molecule has 2 saturated heterocycles. The van der Waals surface area contributed by atoms with Gasteiger partial charge in [-0.1, -0.05) is 29.3 Å². The molecule has 0 aromatic heterocycles. The Morgan fingerprint density at radius 3 is 2.62 bits per heavy atom. The minimum absolute atomic E-state index is 0.208. The van der Waals surface area contributed by atoms with E-state index in [1.54, 1.807) is 0 Å². The number of nitrogens with zero attached hydrogens (tertiary/aromatic N) is 2. The summed E-state index contributed by atoms with van der Waals surface area (Å²) in [4.78, 5) is 4.72. The Labute approximate surface area is 135 Å². The highest BCUT2D eigenvalue weighted by Crippen LogP contribution is 2.32. The second-order valence-electron chi connectivity index (χ2n) is 5.43. The smallest absolute Gasteiger partial charge is 0.0936 e. The lowest BCUT2D eigenvalue weighted by Gasteiger charge is -2.38. The van der Waals surface area contributed by atoms with E-state index in [9.17, 15) is 0 Å². The predicted molar refractivity (Wildman–Crippen MR) is 85.7 cm³/mol. The van der Waals surface area contributed by atoms with E-state index in [0.29, 0.717) is 23.3 Å². The lowest BCUT2D eigenvalue weighted by molar-refractivity contribution is -0.0977. The number of hydrogen-bond acceptors (Lipinski definition) is 4. The topological polar surface area (TPSA) is 24.9 Å². The SMILES string of the molecule is Clc1cccc(N2CCN(CC3COCCO3)CC2)c1Cl. The summed E-state index contributed by atoms with van der Waals surface area (Å²) in [6.45, 7) is 6.99. The first-order chi connectivity index (χ1) is 10.2. The molecule has 0 radical (unpaired) electrons. The molecule has 1 atom stereocenters. The minimum atomic E-state index is 0.208. The molecule has 0 saturated carbocycles. The Bertz CT molecular complexity index is 473. The van der Waals surface area contributed by atoms with Gasteiger partial charge in [0.25, 0.3) is 0 Å². The van der Waals surface area contributed by atoms with Crippen molar-refractivity contribution in [3.05, 3.63) is 28.2 Å². The third kappa shape index (κ3) is 3.82. The molecule has 6 heteroatoms. The molecule has 2 aliphatic heterocycles. The van der Waals surface area contributed by atoms with E-state index in [2.05, 4.69) is 9.80 Å². The van der Waals surface area contributed by atoms with Crippen LogP contribution in [0.3, 0.4) is 0 Å². The molecule has 0 bridgehead atoms. The van der Waals surface area contributed by atoms with E-state index in [1.807, 2.05) is 18.2 Å². The second kappa shape index (κ2) is 7.16. The number of benzene rings is 1. The van der Waals surface area contributed by atoms with E-state index in [1.165, 1.54) is 0 Å². The van der Waals surface area contributed by atoms with Crippen molar-refractivity contribution in [2.75, 3.05) is 57.4 Å². The van der Waals surface area contributed by atoms with Gasteiger partial charge < -0.3 is 14.4 Å². The molecule has 4 nitrogen and oxygen atoms in total. The third-order valence-corrected chi connectivity index (χ3v) is 4.80. The summed E-state index contributed by atoms with van der Waals surface area (Å²) in [6.07, 6.45) is 0.208. The normalized spacial score (nSPS) is 24.3. The van der Waals surface area contributed by atoms with Gasteiger partial charge in [0.15, 0.2) is 0 Å². The molecule has 0 amide bonds. The van der Waals surface area contributed by atoms with Gasteiger partial charge in [0.1, 0.15) is 0 Å². The van der Waals surface area contributed by atoms with Crippen molar-refractivity contribution in [2.45, 2.75) is 6.10 Å². The van der Waals surface area contributed by atoms with Crippen LogP contribution in [0.1, 0.15) is 0 Å². The zero-order valence-electron chi connectivity index (χ0n) is 11.9. The number of ether oxygens (including phenoxy) is 2. The molecule has 2 heterocycles. The number of piperazine rings is 1. The van der Waals surface area contributed by atoms with Crippen LogP contribution in [0.5, 0.6) is 0 Å². The van der Waals surface area contributed by atoms with Crippen molar-refractivity contribution >= 4 is 28.9 Å². The Morgan fingerprint density at radius 2 is 1.90 bits per heavy atom. The van der Waals surface area contributed by atoms with E-state index >= 15 is 0 Å². The summed E-state index contributed by atoms with van der Waals surface area (Å²) >= 11 is 12.4. The maximum absolute atomic E-state index is 6.29. The first-order valence-corrected chi connectivity index (χ1v) is 8.10. The fourth-order valence-corrected chi connectivity index (χ4v) is 3.25. The van der Waals surface area contributed by atoms with Crippen molar-refractivity contribution in [1.29, 1.82) is 0 Å². The van der Waals surface area contributed by atoms with E-state index in [0.717, 1.165) is 45.0 Å². The maximum atomic E-state index is 6.29. The van der Waals surface area contributed by atoms with Gasteiger partial charge in [-0.05, 0) is 12.1 Å². The fourth-order valence-electron chi connectivity index (χ4n) is 2.84.